The van der Waals surface area contributed by atoms with Crippen molar-refractivity contribution in [1.82, 2.24) is 9.97 Å². The second kappa shape index (κ2) is 5.53. The third-order valence-electron chi connectivity index (χ3n) is 3.41. The smallest absolute Gasteiger partial charge is 0.134 e. The number of halogens is 1. The Morgan fingerprint density at radius 3 is 2.72 bits per heavy atom. The summed E-state index contributed by atoms with van der Waals surface area (Å²) in [7, 11) is 2.08. The highest BCUT2D eigenvalue weighted by molar-refractivity contribution is 9.10. The van der Waals surface area contributed by atoms with E-state index in [0.29, 0.717) is 12.0 Å². The van der Waals surface area contributed by atoms with Gasteiger partial charge in [0.25, 0.3) is 0 Å². The van der Waals surface area contributed by atoms with Crippen LogP contribution in [-0.4, -0.2) is 35.8 Å². The maximum absolute atomic E-state index is 5.62. The van der Waals surface area contributed by atoms with Gasteiger partial charge in [-0.05, 0) is 29.3 Å². The van der Waals surface area contributed by atoms with E-state index in [0.717, 1.165) is 29.3 Å². The Hall–Kier alpha value is -0.680. The van der Waals surface area contributed by atoms with Crippen molar-refractivity contribution in [2.45, 2.75) is 45.3 Å². The predicted molar refractivity (Wildman–Crippen MR) is 76.0 cm³/mol. The molecule has 0 aromatic carbocycles. The number of ether oxygens (including phenoxy) is 1. The van der Waals surface area contributed by atoms with Crippen molar-refractivity contribution in [1.29, 1.82) is 0 Å². The topological polar surface area (TPSA) is 38.2 Å². The molecule has 1 fully saturated rings. The van der Waals surface area contributed by atoms with Gasteiger partial charge in [0.15, 0.2) is 0 Å². The number of aromatic nitrogens is 2. The van der Waals surface area contributed by atoms with Gasteiger partial charge in [-0.1, -0.05) is 13.8 Å². The number of hydrogen-bond acceptors (Lipinski definition) is 4. The number of anilines is 1. The number of hydrogen-bond donors (Lipinski definition) is 0. The Kier molecular flexibility index (Phi) is 4.22. The van der Waals surface area contributed by atoms with Gasteiger partial charge in [-0.15, -0.1) is 0 Å². The first-order chi connectivity index (χ1) is 8.49. The van der Waals surface area contributed by atoms with E-state index in [1.54, 1.807) is 0 Å². The van der Waals surface area contributed by atoms with Crippen molar-refractivity contribution in [3.8, 4) is 0 Å². The summed E-state index contributed by atoms with van der Waals surface area (Å²) in [6, 6.07) is 2.36. The SMILES string of the molecule is CC(C)c1nc(Br)cc(N(C)C2CCOC2C)n1. The summed E-state index contributed by atoms with van der Waals surface area (Å²) in [5.41, 5.74) is 0. The average molecular weight is 314 g/mol. The third kappa shape index (κ3) is 2.83. The number of rotatable bonds is 3. The van der Waals surface area contributed by atoms with Gasteiger partial charge in [-0.3, -0.25) is 0 Å². The van der Waals surface area contributed by atoms with Crippen LogP contribution in [0.2, 0.25) is 0 Å². The fraction of sp³-hybridized carbons (Fsp3) is 0.692. The summed E-state index contributed by atoms with van der Waals surface area (Å²) in [6.07, 6.45) is 1.31. The molecular formula is C13H20BrN3O. The lowest BCUT2D eigenvalue weighted by Gasteiger charge is -2.28. The molecule has 5 heteroatoms. The molecule has 0 aliphatic carbocycles. The van der Waals surface area contributed by atoms with E-state index in [9.17, 15) is 0 Å². The van der Waals surface area contributed by atoms with E-state index in [4.69, 9.17) is 4.74 Å². The van der Waals surface area contributed by atoms with Gasteiger partial charge in [-0.25, -0.2) is 9.97 Å². The van der Waals surface area contributed by atoms with E-state index in [2.05, 4.69) is 58.6 Å². The van der Waals surface area contributed by atoms with Gasteiger partial charge in [0.05, 0.1) is 12.1 Å². The van der Waals surface area contributed by atoms with Crippen LogP contribution in [0.5, 0.6) is 0 Å². The Morgan fingerprint density at radius 2 is 2.17 bits per heavy atom. The average Bonchev–Trinajstić information content (AvgIpc) is 2.73. The molecule has 1 aromatic rings. The van der Waals surface area contributed by atoms with Crippen LogP contribution in [-0.2, 0) is 4.74 Å². The number of likely N-dealkylation sites (N-methyl/N-ethyl adjacent to an activating group) is 1. The van der Waals surface area contributed by atoms with Crippen LogP contribution >= 0.6 is 15.9 Å². The minimum Gasteiger partial charge on any atom is -0.376 e. The molecule has 1 saturated heterocycles. The molecule has 4 nitrogen and oxygen atoms in total. The fourth-order valence-corrected chi connectivity index (χ4v) is 2.65. The molecule has 0 radical (unpaired) electrons. The zero-order valence-electron chi connectivity index (χ0n) is 11.4. The van der Waals surface area contributed by atoms with Crippen LogP contribution in [0.3, 0.4) is 0 Å². The molecule has 0 N–H and O–H groups in total. The highest BCUT2D eigenvalue weighted by atomic mass is 79.9. The predicted octanol–water partition coefficient (Wildman–Crippen LogP) is 2.98. The molecule has 0 amide bonds. The standard InChI is InChI=1S/C13H20BrN3O/c1-8(2)13-15-11(14)7-12(16-13)17(4)10-5-6-18-9(10)3/h7-10H,5-6H2,1-4H3. The van der Waals surface area contributed by atoms with Crippen molar-refractivity contribution in [2.24, 2.45) is 0 Å². The summed E-state index contributed by atoms with van der Waals surface area (Å²) < 4.78 is 6.46. The lowest BCUT2D eigenvalue weighted by molar-refractivity contribution is 0.118. The summed E-state index contributed by atoms with van der Waals surface area (Å²) >= 11 is 3.46. The van der Waals surface area contributed by atoms with Crippen LogP contribution in [0.25, 0.3) is 0 Å². The molecule has 0 bridgehead atoms. The Balaban J connectivity index is 2.26. The molecule has 100 valence electrons. The second-order valence-corrected chi connectivity index (χ2v) is 5.92. The molecule has 0 saturated carbocycles. The van der Waals surface area contributed by atoms with Crippen molar-refractivity contribution in [3.05, 3.63) is 16.5 Å². The van der Waals surface area contributed by atoms with Crippen molar-refractivity contribution < 1.29 is 4.74 Å². The molecule has 1 aromatic heterocycles. The van der Waals surface area contributed by atoms with Crippen LogP contribution in [0.15, 0.2) is 10.7 Å². The zero-order chi connectivity index (χ0) is 13.3. The summed E-state index contributed by atoms with van der Waals surface area (Å²) in [5, 5.41) is 0. The minimum atomic E-state index is 0.256. The van der Waals surface area contributed by atoms with Crippen molar-refractivity contribution in [2.75, 3.05) is 18.6 Å². The Morgan fingerprint density at radius 1 is 1.44 bits per heavy atom. The first kappa shape index (κ1) is 13.7. The molecule has 2 unspecified atom stereocenters. The third-order valence-corrected chi connectivity index (χ3v) is 3.82. The second-order valence-electron chi connectivity index (χ2n) is 5.10. The van der Waals surface area contributed by atoms with Gasteiger partial charge in [0.2, 0.25) is 0 Å². The molecule has 1 aliphatic rings. The van der Waals surface area contributed by atoms with Gasteiger partial charge < -0.3 is 9.64 Å². The Labute approximate surface area is 117 Å². The molecule has 0 spiro atoms. The molecule has 2 heterocycles. The van der Waals surface area contributed by atoms with Crippen LogP contribution in [0.4, 0.5) is 5.82 Å². The van der Waals surface area contributed by atoms with Gasteiger partial charge in [0, 0.05) is 25.6 Å². The van der Waals surface area contributed by atoms with E-state index >= 15 is 0 Å². The van der Waals surface area contributed by atoms with Gasteiger partial charge >= 0.3 is 0 Å². The molecular weight excluding hydrogens is 294 g/mol. The van der Waals surface area contributed by atoms with E-state index in [1.165, 1.54) is 0 Å². The van der Waals surface area contributed by atoms with E-state index in [-0.39, 0.29) is 6.10 Å². The van der Waals surface area contributed by atoms with E-state index < -0.39 is 0 Å². The highest BCUT2D eigenvalue weighted by Crippen LogP contribution is 2.25. The summed E-state index contributed by atoms with van der Waals surface area (Å²) in [6.45, 7) is 7.16. The van der Waals surface area contributed by atoms with Gasteiger partial charge in [0.1, 0.15) is 16.2 Å². The quantitative estimate of drug-likeness (QED) is 0.804. The molecule has 2 atom stereocenters. The lowest BCUT2D eigenvalue weighted by Crippen LogP contribution is -2.37. The van der Waals surface area contributed by atoms with Crippen LogP contribution in [0.1, 0.15) is 38.9 Å². The van der Waals surface area contributed by atoms with Crippen molar-refractivity contribution >= 4 is 21.7 Å². The molecule has 2 rings (SSSR count). The largest absolute Gasteiger partial charge is 0.376 e. The maximum Gasteiger partial charge on any atom is 0.134 e. The summed E-state index contributed by atoms with van der Waals surface area (Å²) in [5.74, 6) is 2.16. The van der Waals surface area contributed by atoms with E-state index in [1.807, 2.05) is 6.07 Å². The minimum absolute atomic E-state index is 0.256. The molecule has 1 aliphatic heterocycles. The number of nitrogens with zero attached hydrogens (tertiary/aromatic N) is 3. The van der Waals surface area contributed by atoms with Crippen molar-refractivity contribution in [3.63, 3.8) is 0 Å². The van der Waals surface area contributed by atoms with Gasteiger partial charge in [-0.2, -0.15) is 0 Å². The monoisotopic (exact) mass is 313 g/mol. The first-order valence-corrected chi connectivity index (χ1v) is 7.17. The molecule has 18 heavy (non-hydrogen) atoms. The van der Waals surface area contributed by atoms with Crippen LogP contribution < -0.4 is 4.90 Å². The Bertz CT molecular complexity index is 425. The highest BCUT2D eigenvalue weighted by Gasteiger charge is 2.29. The maximum atomic E-state index is 5.62. The van der Waals surface area contributed by atoms with Crippen LogP contribution in [0, 0.1) is 0 Å². The summed E-state index contributed by atoms with van der Waals surface area (Å²) in [4.78, 5) is 11.3. The normalized spacial score (nSPS) is 23.7. The lowest BCUT2D eigenvalue weighted by atomic mass is 10.1. The fourth-order valence-electron chi connectivity index (χ4n) is 2.26. The zero-order valence-corrected chi connectivity index (χ0v) is 12.9. The first-order valence-electron chi connectivity index (χ1n) is 6.38.